The molecule has 1 rings (SSSR count). The van der Waals surface area contributed by atoms with Crippen molar-refractivity contribution in [2.24, 2.45) is 0 Å². The second kappa shape index (κ2) is 9.39. The molecule has 5 heteroatoms. The van der Waals surface area contributed by atoms with Crippen LogP contribution in [0.4, 0.5) is 0 Å². The Labute approximate surface area is 103 Å². The highest BCUT2D eigenvalue weighted by molar-refractivity contribution is 5.77. The molecule has 0 bridgehead atoms. The summed E-state index contributed by atoms with van der Waals surface area (Å²) < 4.78 is 10.6. The molecule has 0 spiro atoms. The van der Waals surface area contributed by atoms with Crippen molar-refractivity contribution in [3.63, 3.8) is 0 Å². The highest BCUT2D eigenvalue weighted by Crippen LogP contribution is 2.10. The van der Waals surface area contributed by atoms with Crippen LogP contribution in [0.2, 0.25) is 0 Å². The molecule has 2 N–H and O–H groups in total. The van der Waals surface area contributed by atoms with E-state index in [2.05, 4.69) is 10.6 Å². The van der Waals surface area contributed by atoms with Crippen molar-refractivity contribution in [2.75, 3.05) is 39.5 Å². The summed E-state index contributed by atoms with van der Waals surface area (Å²) in [5.41, 5.74) is 0. The molecule has 1 fully saturated rings. The third-order valence-corrected chi connectivity index (χ3v) is 2.67. The second-order valence-electron chi connectivity index (χ2n) is 4.17. The van der Waals surface area contributed by atoms with Crippen molar-refractivity contribution >= 4 is 5.91 Å². The van der Waals surface area contributed by atoms with Gasteiger partial charge in [0.2, 0.25) is 5.91 Å². The van der Waals surface area contributed by atoms with Crippen LogP contribution in [0, 0.1) is 0 Å². The summed E-state index contributed by atoms with van der Waals surface area (Å²) >= 11 is 0. The van der Waals surface area contributed by atoms with E-state index in [0.717, 1.165) is 39.0 Å². The van der Waals surface area contributed by atoms with Crippen LogP contribution in [0.15, 0.2) is 0 Å². The normalized spacial score (nSPS) is 19.5. The van der Waals surface area contributed by atoms with Crippen molar-refractivity contribution in [3.05, 3.63) is 0 Å². The van der Waals surface area contributed by atoms with Gasteiger partial charge in [-0.2, -0.15) is 0 Å². The smallest absolute Gasteiger partial charge is 0.233 e. The lowest BCUT2D eigenvalue weighted by molar-refractivity contribution is -0.120. The monoisotopic (exact) mass is 244 g/mol. The van der Waals surface area contributed by atoms with Crippen molar-refractivity contribution < 1.29 is 14.3 Å². The van der Waals surface area contributed by atoms with Crippen LogP contribution in [0.25, 0.3) is 0 Å². The van der Waals surface area contributed by atoms with Gasteiger partial charge in [0.15, 0.2) is 0 Å². The Morgan fingerprint density at radius 2 is 2.41 bits per heavy atom. The number of rotatable bonds is 9. The van der Waals surface area contributed by atoms with E-state index in [4.69, 9.17) is 9.47 Å². The minimum absolute atomic E-state index is 0.0412. The lowest BCUT2D eigenvalue weighted by Gasteiger charge is -2.10. The van der Waals surface area contributed by atoms with Gasteiger partial charge in [-0.25, -0.2) is 0 Å². The van der Waals surface area contributed by atoms with Gasteiger partial charge in [-0.05, 0) is 26.2 Å². The molecule has 0 aromatic rings. The van der Waals surface area contributed by atoms with Crippen LogP contribution in [0.5, 0.6) is 0 Å². The number of hydrogen-bond acceptors (Lipinski definition) is 4. The van der Waals surface area contributed by atoms with Crippen LogP contribution in [0.1, 0.15) is 26.2 Å². The van der Waals surface area contributed by atoms with Crippen molar-refractivity contribution in [1.29, 1.82) is 0 Å². The van der Waals surface area contributed by atoms with Gasteiger partial charge in [0.05, 0.1) is 12.6 Å². The van der Waals surface area contributed by atoms with E-state index < -0.39 is 0 Å². The standard InChI is InChI=1S/C12H24N2O3/c1-2-16-7-4-6-14-12(15)10-13-9-11-5-3-8-17-11/h11,13H,2-10H2,1H3,(H,14,15)/t11-/m0/s1. The maximum Gasteiger partial charge on any atom is 0.233 e. The molecule has 1 heterocycles. The predicted octanol–water partition coefficient (Wildman–Crippen LogP) is 0.298. The largest absolute Gasteiger partial charge is 0.382 e. The van der Waals surface area contributed by atoms with Crippen LogP contribution in [0.3, 0.4) is 0 Å². The molecule has 0 radical (unpaired) electrons. The summed E-state index contributed by atoms with van der Waals surface area (Å²) in [6.45, 7) is 6.09. The zero-order valence-electron chi connectivity index (χ0n) is 10.7. The van der Waals surface area contributed by atoms with E-state index in [1.54, 1.807) is 0 Å². The summed E-state index contributed by atoms with van der Waals surface area (Å²) in [6.07, 6.45) is 3.39. The second-order valence-corrected chi connectivity index (χ2v) is 4.17. The molecule has 1 aliphatic heterocycles. The quantitative estimate of drug-likeness (QED) is 0.573. The Morgan fingerprint density at radius 3 is 3.12 bits per heavy atom. The van der Waals surface area contributed by atoms with Gasteiger partial charge in [-0.1, -0.05) is 0 Å². The van der Waals surface area contributed by atoms with Gasteiger partial charge >= 0.3 is 0 Å². The van der Waals surface area contributed by atoms with Crippen molar-refractivity contribution in [3.8, 4) is 0 Å². The highest BCUT2D eigenvalue weighted by atomic mass is 16.5. The van der Waals surface area contributed by atoms with E-state index in [1.165, 1.54) is 0 Å². The summed E-state index contributed by atoms with van der Waals surface area (Å²) in [6, 6.07) is 0. The summed E-state index contributed by atoms with van der Waals surface area (Å²) in [5, 5.41) is 5.96. The van der Waals surface area contributed by atoms with Crippen LogP contribution >= 0.6 is 0 Å². The van der Waals surface area contributed by atoms with E-state index in [1.807, 2.05) is 6.92 Å². The Kier molecular flexibility index (Phi) is 7.96. The molecule has 1 saturated heterocycles. The summed E-state index contributed by atoms with van der Waals surface area (Å²) in [4.78, 5) is 11.4. The molecular formula is C12H24N2O3. The van der Waals surface area contributed by atoms with Gasteiger partial charge in [0.25, 0.3) is 0 Å². The fourth-order valence-electron chi connectivity index (χ4n) is 1.76. The molecule has 0 saturated carbocycles. The van der Waals surface area contributed by atoms with Crippen LogP contribution in [-0.4, -0.2) is 51.5 Å². The first-order valence-electron chi connectivity index (χ1n) is 6.49. The number of carbonyl (C=O) groups is 1. The number of nitrogens with one attached hydrogen (secondary N) is 2. The number of ether oxygens (including phenoxy) is 2. The third-order valence-electron chi connectivity index (χ3n) is 2.67. The van der Waals surface area contributed by atoms with Gasteiger partial charge in [0.1, 0.15) is 0 Å². The van der Waals surface area contributed by atoms with Gasteiger partial charge in [0, 0.05) is 32.9 Å². The minimum atomic E-state index is 0.0412. The maximum absolute atomic E-state index is 11.4. The van der Waals surface area contributed by atoms with E-state index in [-0.39, 0.29) is 5.91 Å². The zero-order valence-corrected chi connectivity index (χ0v) is 10.7. The summed E-state index contributed by atoms with van der Waals surface area (Å²) in [5.74, 6) is 0.0412. The van der Waals surface area contributed by atoms with Gasteiger partial charge in [-0.15, -0.1) is 0 Å². The van der Waals surface area contributed by atoms with Crippen molar-refractivity contribution in [1.82, 2.24) is 10.6 Å². The molecular weight excluding hydrogens is 220 g/mol. The van der Waals surface area contributed by atoms with Gasteiger partial charge in [-0.3, -0.25) is 4.79 Å². The lowest BCUT2D eigenvalue weighted by Crippen LogP contribution is -2.37. The Hall–Kier alpha value is -0.650. The molecule has 5 nitrogen and oxygen atoms in total. The van der Waals surface area contributed by atoms with Crippen molar-refractivity contribution in [2.45, 2.75) is 32.3 Å². The molecule has 0 aromatic carbocycles. The first-order valence-corrected chi connectivity index (χ1v) is 6.49. The van der Waals surface area contributed by atoms with Crippen LogP contribution in [-0.2, 0) is 14.3 Å². The number of hydrogen-bond donors (Lipinski definition) is 2. The molecule has 1 atom stereocenters. The number of amides is 1. The minimum Gasteiger partial charge on any atom is -0.382 e. The summed E-state index contributed by atoms with van der Waals surface area (Å²) in [7, 11) is 0. The fraction of sp³-hybridized carbons (Fsp3) is 0.917. The average Bonchev–Trinajstić information content (AvgIpc) is 2.82. The van der Waals surface area contributed by atoms with E-state index in [0.29, 0.717) is 25.8 Å². The molecule has 0 aliphatic carbocycles. The third kappa shape index (κ3) is 7.31. The first-order chi connectivity index (χ1) is 8.33. The maximum atomic E-state index is 11.4. The molecule has 0 aromatic heterocycles. The Morgan fingerprint density at radius 1 is 1.53 bits per heavy atom. The molecule has 1 aliphatic rings. The molecule has 1 amide bonds. The first kappa shape index (κ1) is 14.4. The Balaban J connectivity index is 1.86. The highest BCUT2D eigenvalue weighted by Gasteiger charge is 2.14. The zero-order chi connectivity index (χ0) is 12.3. The molecule has 17 heavy (non-hydrogen) atoms. The fourth-order valence-corrected chi connectivity index (χ4v) is 1.76. The topological polar surface area (TPSA) is 59.6 Å². The van der Waals surface area contributed by atoms with E-state index >= 15 is 0 Å². The number of carbonyl (C=O) groups excluding carboxylic acids is 1. The lowest BCUT2D eigenvalue weighted by atomic mass is 10.2. The average molecular weight is 244 g/mol. The van der Waals surface area contributed by atoms with Gasteiger partial charge < -0.3 is 20.1 Å². The van der Waals surface area contributed by atoms with E-state index in [9.17, 15) is 4.79 Å². The molecule has 0 unspecified atom stereocenters. The van der Waals surface area contributed by atoms with Crippen LogP contribution < -0.4 is 10.6 Å². The molecule has 100 valence electrons. The predicted molar refractivity (Wildman–Crippen MR) is 66.0 cm³/mol. The SMILES string of the molecule is CCOCCCNC(=O)CNC[C@@H]1CCCO1. The Bertz CT molecular complexity index is 206.